The molecule has 152 valence electrons. The maximum atomic E-state index is 12.1. The number of nitrogens with one attached hydrogen (secondary N) is 1. The summed E-state index contributed by atoms with van der Waals surface area (Å²) in [5.74, 6) is 0.600. The number of rotatable bonds is 6. The molecule has 0 aliphatic rings. The summed E-state index contributed by atoms with van der Waals surface area (Å²) in [5, 5.41) is 3.42. The van der Waals surface area contributed by atoms with Crippen LogP contribution < -0.4 is 11.1 Å². The Morgan fingerprint density at radius 3 is 2.71 bits per heavy atom. The molecule has 0 fully saturated rings. The average Bonchev–Trinajstić information content (AvgIpc) is 2.93. The van der Waals surface area contributed by atoms with E-state index in [0.717, 1.165) is 22.4 Å². The fraction of sp³-hybridized carbons (Fsp3) is 0.263. The van der Waals surface area contributed by atoms with E-state index in [0.29, 0.717) is 17.3 Å². The quantitative estimate of drug-likeness (QED) is 0.604. The van der Waals surface area contributed by atoms with Crippen molar-refractivity contribution in [2.75, 3.05) is 19.0 Å². The highest BCUT2D eigenvalue weighted by molar-refractivity contribution is 6.31. The van der Waals surface area contributed by atoms with E-state index < -0.39 is 6.04 Å². The summed E-state index contributed by atoms with van der Waals surface area (Å²) < 4.78 is 7.01. The minimum atomic E-state index is -0.723. The van der Waals surface area contributed by atoms with E-state index in [1.165, 1.54) is 7.11 Å². The molecule has 1 heterocycles. The number of anilines is 1. The molecule has 1 aromatic heterocycles. The molecule has 1 atom stereocenters. The molecule has 1 amide bonds. The Bertz CT molecular complexity index is 946. The van der Waals surface area contributed by atoms with E-state index in [1.54, 1.807) is 12.1 Å². The third-order valence-corrected chi connectivity index (χ3v) is 4.54. The van der Waals surface area contributed by atoms with Crippen molar-refractivity contribution in [3.05, 3.63) is 58.9 Å². The number of hydrogen-bond donors (Lipinski definition) is 2. The molecule has 28 heavy (non-hydrogen) atoms. The van der Waals surface area contributed by atoms with Crippen LogP contribution in [0.1, 0.15) is 11.4 Å². The predicted molar refractivity (Wildman–Crippen MR) is 118 cm³/mol. The third kappa shape index (κ3) is 5.37. The van der Waals surface area contributed by atoms with Crippen molar-refractivity contribution in [3.63, 3.8) is 0 Å². The van der Waals surface area contributed by atoms with Crippen LogP contribution in [0.4, 0.5) is 5.69 Å². The van der Waals surface area contributed by atoms with E-state index in [1.807, 2.05) is 37.3 Å². The van der Waals surface area contributed by atoms with Gasteiger partial charge in [0.05, 0.1) is 24.2 Å². The van der Waals surface area contributed by atoms with Crippen molar-refractivity contribution < 1.29 is 9.53 Å². The molecule has 0 spiro atoms. The van der Waals surface area contributed by atoms with Gasteiger partial charge in [0.15, 0.2) is 0 Å². The minimum Gasteiger partial charge on any atom is -0.383 e. The molecular formula is C19H23Cl3N4O2. The molecule has 1 unspecified atom stereocenters. The highest BCUT2D eigenvalue weighted by Gasteiger charge is 2.15. The van der Waals surface area contributed by atoms with Crippen LogP contribution in [0.25, 0.3) is 11.0 Å². The number of para-hydroxylation sites is 2. The zero-order valence-corrected chi connectivity index (χ0v) is 17.9. The predicted octanol–water partition coefficient (Wildman–Crippen LogP) is 3.80. The molecule has 0 saturated heterocycles. The number of carbonyl (C=O) groups is 1. The second kappa shape index (κ2) is 10.6. The van der Waals surface area contributed by atoms with E-state index in [-0.39, 0.29) is 37.3 Å². The summed E-state index contributed by atoms with van der Waals surface area (Å²) in [5.41, 5.74) is 9.27. The normalized spacial score (nSPS) is 11.4. The van der Waals surface area contributed by atoms with E-state index >= 15 is 0 Å². The van der Waals surface area contributed by atoms with E-state index in [9.17, 15) is 4.79 Å². The first kappa shape index (κ1) is 24.2. The maximum absolute atomic E-state index is 12.1. The van der Waals surface area contributed by atoms with Gasteiger partial charge >= 0.3 is 0 Å². The number of nitrogens with two attached hydrogens (primary N) is 1. The van der Waals surface area contributed by atoms with E-state index in [4.69, 9.17) is 22.1 Å². The van der Waals surface area contributed by atoms with Crippen molar-refractivity contribution in [3.8, 4) is 0 Å². The molecular weight excluding hydrogens is 423 g/mol. The number of halogens is 3. The van der Waals surface area contributed by atoms with Gasteiger partial charge in [-0.15, -0.1) is 24.8 Å². The number of carbonyl (C=O) groups excluding carboxylic acids is 1. The van der Waals surface area contributed by atoms with Crippen LogP contribution in [0.3, 0.4) is 0 Å². The van der Waals surface area contributed by atoms with Gasteiger partial charge in [-0.3, -0.25) is 4.79 Å². The summed E-state index contributed by atoms with van der Waals surface area (Å²) in [6, 6.07) is 12.6. The number of imidazole rings is 1. The van der Waals surface area contributed by atoms with Gasteiger partial charge in [-0.1, -0.05) is 23.7 Å². The Labute approximate surface area is 181 Å². The SMILES string of the molecule is COCC(N)C(=O)Nc1ccc(Cl)c(Cn2c(C)nc3ccccc32)c1.Cl.Cl. The Hall–Kier alpha value is -1.83. The Morgan fingerprint density at radius 1 is 1.29 bits per heavy atom. The maximum Gasteiger partial charge on any atom is 0.243 e. The van der Waals surface area contributed by atoms with Crippen LogP contribution in [0.15, 0.2) is 42.5 Å². The van der Waals surface area contributed by atoms with Gasteiger partial charge in [0.25, 0.3) is 0 Å². The minimum absolute atomic E-state index is 0. The summed E-state index contributed by atoms with van der Waals surface area (Å²) in [4.78, 5) is 16.7. The number of benzene rings is 2. The Morgan fingerprint density at radius 2 is 2.00 bits per heavy atom. The number of amides is 1. The summed E-state index contributed by atoms with van der Waals surface area (Å²) in [7, 11) is 1.51. The van der Waals surface area contributed by atoms with Crippen LogP contribution in [-0.2, 0) is 16.1 Å². The molecule has 2 aromatic carbocycles. The Balaban J connectivity index is 0.00000196. The highest BCUT2D eigenvalue weighted by Crippen LogP contribution is 2.24. The number of nitrogens with zero attached hydrogens (tertiary/aromatic N) is 2. The number of aromatic nitrogens is 2. The smallest absolute Gasteiger partial charge is 0.243 e. The Kier molecular flexibility index (Phi) is 9.20. The lowest BCUT2D eigenvalue weighted by molar-refractivity contribution is -0.118. The van der Waals surface area contributed by atoms with Crippen molar-refractivity contribution >= 4 is 59.0 Å². The zero-order valence-electron chi connectivity index (χ0n) is 15.5. The lowest BCUT2D eigenvalue weighted by Crippen LogP contribution is -2.39. The number of aryl methyl sites for hydroxylation is 1. The fourth-order valence-electron chi connectivity index (χ4n) is 2.83. The molecule has 6 nitrogen and oxygen atoms in total. The van der Waals surface area contributed by atoms with Gasteiger partial charge < -0.3 is 20.4 Å². The van der Waals surface area contributed by atoms with Crippen LogP contribution >= 0.6 is 36.4 Å². The lowest BCUT2D eigenvalue weighted by atomic mass is 10.1. The van der Waals surface area contributed by atoms with Crippen molar-refractivity contribution in [1.29, 1.82) is 0 Å². The van der Waals surface area contributed by atoms with Crippen LogP contribution in [0.5, 0.6) is 0 Å². The second-order valence-corrected chi connectivity index (χ2v) is 6.50. The highest BCUT2D eigenvalue weighted by atomic mass is 35.5. The third-order valence-electron chi connectivity index (χ3n) is 4.17. The van der Waals surface area contributed by atoms with Gasteiger partial charge in [0, 0.05) is 17.8 Å². The topological polar surface area (TPSA) is 82.2 Å². The molecule has 0 bridgehead atoms. The number of methoxy groups -OCH3 is 1. The molecule has 0 saturated carbocycles. The monoisotopic (exact) mass is 444 g/mol. The van der Waals surface area contributed by atoms with Crippen molar-refractivity contribution in [2.45, 2.75) is 19.5 Å². The second-order valence-electron chi connectivity index (χ2n) is 6.09. The lowest BCUT2D eigenvalue weighted by Gasteiger charge is -2.14. The van der Waals surface area contributed by atoms with Gasteiger partial charge in [-0.25, -0.2) is 4.98 Å². The average molecular weight is 446 g/mol. The van der Waals surface area contributed by atoms with Crippen LogP contribution in [-0.4, -0.2) is 35.2 Å². The fourth-order valence-corrected chi connectivity index (χ4v) is 3.01. The van der Waals surface area contributed by atoms with Crippen LogP contribution in [0.2, 0.25) is 5.02 Å². The summed E-state index contributed by atoms with van der Waals surface area (Å²) in [6.45, 7) is 2.68. The first-order chi connectivity index (χ1) is 12.5. The van der Waals surface area contributed by atoms with Crippen LogP contribution in [0, 0.1) is 6.92 Å². The van der Waals surface area contributed by atoms with Gasteiger partial charge in [0.1, 0.15) is 11.9 Å². The molecule has 0 aliphatic carbocycles. The van der Waals surface area contributed by atoms with Crippen molar-refractivity contribution in [1.82, 2.24) is 9.55 Å². The standard InChI is InChI=1S/C19H21ClN4O2.2ClH/c1-12-22-17-5-3-4-6-18(17)24(12)10-13-9-14(7-8-15(13)20)23-19(25)16(21)11-26-2;;/h3-9,16H,10-11,21H2,1-2H3,(H,23,25);2*1H. The van der Waals surface area contributed by atoms with Gasteiger partial charge in [0.2, 0.25) is 5.91 Å². The molecule has 3 aromatic rings. The molecule has 0 radical (unpaired) electrons. The molecule has 0 aliphatic heterocycles. The number of ether oxygens (including phenoxy) is 1. The van der Waals surface area contributed by atoms with Crippen molar-refractivity contribution in [2.24, 2.45) is 5.73 Å². The molecule has 3 rings (SSSR count). The largest absolute Gasteiger partial charge is 0.383 e. The molecule has 3 N–H and O–H groups in total. The van der Waals surface area contributed by atoms with Gasteiger partial charge in [-0.2, -0.15) is 0 Å². The van der Waals surface area contributed by atoms with Gasteiger partial charge in [-0.05, 0) is 42.8 Å². The first-order valence-electron chi connectivity index (χ1n) is 8.25. The zero-order chi connectivity index (χ0) is 18.7. The summed E-state index contributed by atoms with van der Waals surface area (Å²) >= 11 is 6.37. The number of fused-ring (bicyclic) bond motifs is 1. The van der Waals surface area contributed by atoms with E-state index in [2.05, 4.69) is 14.9 Å². The summed E-state index contributed by atoms with van der Waals surface area (Å²) in [6.07, 6.45) is 0. The number of hydrogen-bond acceptors (Lipinski definition) is 4. The molecule has 9 heteroatoms. The first-order valence-corrected chi connectivity index (χ1v) is 8.63.